The predicted molar refractivity (Wildman–Crippen MR) is 118 cm³/mol. The maximum absolute atomic E-state index is 13.1. The Bertz CT molecular complexity index is 1050. The lowest BCUT2D eigenvalue weighted by molar-refractivity contribution is -0.141. The van der Waals surface area contributed by atoms with Gasteiger partial charge in [-0.05, 0) is 36.6 Å². The number of hydrogen-bond donors (Lipinski definition) is 0. The Labute approximate surface area is 191 Å². The van der Waals surface area contributed by atoms with E-state index in [2.05, 4.69) is 4.74 Å². The van der Waals surface area contributed by atoms with Gasteiger partial charge >= 0.3 is 11.9 Å². The van der Waals surface area contributed by atoms with Crippen molar-refractivity contribution in [1.82, 2.24) is 4.90 Å². The van der Waals surface area contributed by atoms with Crippen LogP contribution in [0.4, 0.5) is 0 Å². The SMILES string of the molecule is COC(=O)c1ccc(CN2C(=O)C[C@H](c3ccccc3Cl)C(C(=O)OCC(C)C)=C2C)o1. The monoisotopic (exact) mass is 459 g/mol. The van der Waals surface area contributed by atoms with Crippen LogP contribution in [0.5, 0.6) is 0 Å². The van der Waals surface area contributed by atoms with E-state index in [1.54, 1.807) is 25.1 Å². The van der Waals surface area contributed by atoms with Crippen LogP contribution in [0.25, 0.3) is 0 Å². The van der Waals surface area contributed by atoms with Crippen molar-refractivity contribution in [1.29, 1.82) is 0 Å². The van der Waals surface area contributed by atoms with E-state index in [9.17, 15) is 14.4 Å². The van der Waals surface area contributed by atoms with Crippen LogP contribution in [0, 0.1) is 5.92 Å². The summed E-state index contributed by atoms with van der Waals surface area (Å²) in [5.74, 6) is -1.19. The molecule has 2 heterocycles. The number of carbonyl (C=O) groups is 3. The number of hydrogen-bond acceptors (Lipinski definition) is 6. The Hall–Kier alpha value is -3.06. The molecular formula is C24H26ClNO6. The summed E-state index contributed by atoms with van der Waals surface area (Å²) in [5, 5.41) is 0.481. The van der Waals surface area contributed by atoms with Gasteiger partial charge in [0.05, 0.1) is 25.8 Å². The molecule has 170 valence electrons. The fourth-order valence-electron chi connectivity index (χ4n) is 3.64. The van der Waals surface area contributed by atoms with Gasteiger partial charge in [-0.2, -0.15) is 0 Å². The van der Waals surface area contributed by atoms with Crippen LogP contribution < -0.4 is 0 Å². The lowest BCUT2D eigenvalue weighted by Crippen LogP contribution is -2.38. The second kappa shape index (κ2) is 10.0. The summed E-state index contributed by atoms with van der Waals surface area (Å²) in [7, 11) is 1.26. The zero-order valence-electron chi connectivity index (χ0n) is 18.5. The summed E-state index contributed by atoms with van der Waals surface area (Å²) in [6.45, 7) is 5.94. The van der Waals surface area contributed by atoms with E-state index in [0.29, 0.717) is 27.6 Å². The second-order valence-corrected chi connectivity index (χ2v) is 8.41. The van der Waals surface area contributed by atoms with Gasteiger partial charge < -0.3 is 18.8 Å². The van der Waals surface area contributed by atoms with Crippen molar-refractivity contribution in [3.05, 3.63) is 69.8 Å². The first kappa shape index (κ1) is 23.6. The Balaban J connectivity index is 1.99. The molecule has 0 N–H and O–H groups in total. The molecular weight excluding hydrogens is 434 g/mol. The van der Waals surface area contributed by atoms with Gasteiger partial charge in [-0.25, -0.2) is 9.59 Å². The number of benzene rings is 1. The Morgan fingerprint density at radius 2 is 1.91 bits per heavy atom. The normalized spacial score (nSPS) is 16.5. The average Bonchev–Trinajstić information content (AvgIpc) is 3.23. The number of esters is 2. The van der Waals surface area contributed by atoms with E-state index in [1.165, 1.54) is 18.1 Å². The number of carbonyl (C=O) groups excluding carboxylic acids is 3. The Morgan fingerprint density at radius 1 is 1.19 bits per heavy atom. The third-order valence-electron chi connectivity index (χ3n) is 5.23. The van der Waals surface area contributed by atoms with Crippen molar-refractivity contribution >= 4 is 29.4 Å². The third-order valence-corrected chi connectivity index (χ3v) is 5.58. The Kier molecular flexibility index (Phi) is 7.40. The average molecular weight is 460 g/mol. The molecule has 0 aliphatic carbocycles. The number of rotatable bonds is 7. The number of halogens is 1. The van der Waals surface area contributed by atoms with E-state index in [-0.39, 0.29) is 37.2 Å². The van der Waals surface area contributed by atoms with Gasteiger partial charge in [0, 0.05) is 23.1 Å². The summed E-state index contributed by atoms with van der Waals surface area (Å²) in [5.41, 5.74) is 1.55. The van der Waals surface area contributed by atoms with Crippen LogP contribution in [0.3, 0.4) is 0 Å². The first-order valence-electron chi connectivity index (χ1n) is 10.3. The summed E-state index contributed by atoms with van der Waals surface area (Å²) < 4.78 is 15.7. The van der Waals surface area contributed by atoms with E-state index in [1.807, 2.05) is 26.0 Å². The third kappa shape index (κ3) is 5.05. The van der Waals surface area contributed by atoms with E-state index in [4.69, 9.17) is 20.8 Å². The summed E-state index contributed by atoms with van der Waals surface area (Å²) in [6, 6.07) is 10.3. The molecule has 1 aromatic heterocycles. The van der Waals surface area contributed by atoms with Gasteiger partial charge in [-0.15, -0.1) is 0 Å². The molecule has 1 aliphatic rings. The van der Waals surface area contributed by atoms with Crippen molar-refractivity contribution in [2.75, 3.05) is 13.7 Å². The molecule has 1 atom stereocenters. The molecule has 7 nitrogen and oxygen atoms in total. The molecule has 0 spiro atoms. The van der Waals surface area contributed by atoms with Crippen LogP contribution in [-0.4, -0.2) is 36.5 Å². The second-order valence-electron chi connectivity index (χ2n) is 8.01. The molecule has 2 aromatic rings. The van der Waals surface area contributed by atoms with Gasteiger partial charge in [0.1, 0.15) is 5.76 Å². The number of furan rings is 1. The molecule has 1 aliphatic heterocycles. The number of nitrogens with zero attached hydrogens (tertiary/aromatic N) is 1. The molecule has 8 heteroatoms. The maximum atomic E-state index is 13.1. The standard InChI is InChI=1S/C24H26ClNO6/c1-14(2)13-31-24(29)22-15(3)26(12-16-9-10-20(32-16)23(28)30-4)21(27)11-18(22)17-7-5-6-8-19(17)25/h5-10,14,18H,11-13H2,1-4H3/t18-/m1/s1. The first-order chi connectivity index (χ1) is 15.2. The fourth-order valence-corrected chi connectivity index (χ4v) is 3.91. The predicted octanol–water partition coefficient (Wildman–Crippen LogP) is 4.71. The van der Waals surface area contributed by atoms with Gasteiger partial charge in [0.15, 0.2) is 0 Å². The summed E-state index contributed by atoms with van der Waals surface area (Å²) >= 11 is 6.40. The van der Waals surface area contributed by atoms with Crippen LogP contribution in [0.1, 0.15) is 55.0 Å². The minimum Gasteiger partial charge on any atom is -0.463 e. The van der Waals surface area contributed by atoms with Crippen LogP contribution in [0.2, 0.25) is 5.02 Å². The molecule has 0 saturated carbocycles. The molecule has 0 unspecified atom stereocenters. The first-order valence-corrected chi connectivity index (χ1v) is 10.7. The van der Waals surface area contributed by atoms with Crippen LogP contribution in [-0.2, 0) is 25.6 Å². The number of amides is 1. The number of allylic oxidation sites excluding steroid dienone is 1. The smallest absolute Gasteiger partial charge is 0.373 e. The molecule has 0 bridgehead atoms. The lowest BCUT2D eigenvalue weighted by atomic mass is 9.83. The highest BCUT2D eigenvalue weighted by Gasteiger charge is 2.38. The minimum atomic E-state index is -0.606. The molecule has 1 amide bonds. The highest BCUT2D eigenvalue weighted by molar-refractivity contribution is 6.31. The maximum Gasteiger partial charge on any atom is 0.373 e. The van der Waals surface area contributed by atoms with Crippen LogP contribution in [0.15, 0.2) is 52.1 Å². The quantitative estimate of drug-likeness (QED) is 0.557. The lowest BCUT2D eigenvalue weighted by Gasteiger charge is -2.34. The largest absolute Gasteiger partial charge is 0.463 e. The highest BCUT2D eigenvalue weighted by Crippen LogP contribution is 2.40. The van der Waals surface area contributed by atoms with E-state index >= 15 is 0 Å². The number of ether oxygens (including phenoxy) is 2. The highest BCUT2D eigenvalue weighted by atomic mass is 35.5. The van der Waals surface area contributed by atoms with Crippen molar-refractivity contribution in [2.45, 2.75) is 39.7 Å². The number of methoxy groups -OCH3 is 1. The minimum absolute atomic E-state index is 0.0408. The summed E-state index contributed by atoms with van der Waals surface area (Å²) in [6.07, 6.45) is 0.0533. The fraction of sp³-hybridized carbons (Fsp3) is 0.375. The van der Waals surface area contributed by atoms with Crippen LogP contribution >= 0.6 is 11.6 Å². The van der Waals surface area contributed by atoms with Crippen molar-refractivity contribution in [2.24, 2.45) is 5.92 Å². The van der Waals surface area contributed by atoms with Gasteiger partial charge in [-0.1, -0.05) is 43.6 Å². The molecule has 32 heavy (non-hydrogen) atoms. The van der Waals surface area contributed by atoms with E-state index < -0.39 is 17.9 Å². The zero-order chi connectivity index (χ0) is 23.4. The van der Waals surface area contributed by atoms with Crippen molar-refractivity contribution < 1.29 is 28.3 Å². The Morgan fingerprint density at radius 3 is 2.56 bits per heavy atom. The molecule has 0 fully saturated rings. The van der Waals surface area contributed by atoms with Crippen molar-refractivity contribution in [3.8, 4) is 0 Å². The topological polar surface area (TPSA) is 86.0 Å². The van der Waals surface area contributed by atoms with Gasteiger partial charge in [0.2, 0.25) is 11.7 Å². The molecule has 1 aromatic carbocycles. The molecule has 0 saturated heterocycles. The van der Waals surface area contributed by atoms with Gasteiger partial charge in [-0.3, -0.25) is 4.79 Å². The van der Waals surface area contributed by atoms with Crippen molar-refractivity contribution in [3.63, 3.8) is 0 Å². The molecule has 3 rings (SSSR count). The summed E-state index contributed by atoms with van der Waals surface area (Å²) in [4.78, 5) is 39.3. The molecule has 0 radical (unpaired) electrons. The zero-order valence-corrected chi connectivity index (χ0v) is 19.3. The van der Waals surface area contributed by atoms with Gasteiger partial charge in [0.25, 0.3) is 0 Å². The van der Waals surface area contributed by atoms with E-state index in [0.717, 1.165) is 0 Å².